The molecular formula is C87H79BN4. The minimum absolute atomic E-state index is 0.0173. The molecule has 450 valence electrons. The van der Waals surface area contributed by atoms with Crippen LogP contribution in [0.15, 0.2) is 261 Å². The lowest BCUT2D eigenvalue weighted by molar-refractivity contribution is 0.569. The van der Waals surface area contributed by atoms with Crippen LogP contribution in [0, 0.1) is 0 Å². The van der Waals surface area contributed by atoms with Crippen LogP contribution in [0.25, 0.3) is 83.3 Å². The molecular weight excluding hydrogens is 1110 g/mol. The Morgan fingerprint density at radius 2 is 0.783 bits per heavy atom. The summed E-state index contributed by atoms with van der Waals surface area (Å²) in [5, 5.41) is -0.0848. The highest BCUT2D eigenvalue weighted by atomic mass is 15.2. The summed E-state index contributed by atoms with van der Waals surface area (Å²) in [6.45, 7) is 25.7. The molecule has 0 bridgehead atoms. The minimum Gasteiger partial charge on any atom is -0.310 e. The summed E-state index contributed by atoms with van der Waals surface area (Å²) in [6, 6.07) is 56.9. The van der Waals surface area contributed by atoms with Crippen LogP contribution >= 0.6 is 0 Å². The van der Waals surface area contributed by atoms with Crippen LogP contribution in [0.5, 0.6) is 0 Å². The van der Waals surface area contributed by atoms with Gasteiger partial charge in [0.15, 0.2) is 0 Å². The predicted octanol–water partition coefficient (Wildman–Crippen LogP) is 21.8. The number of aromatic nitrogens is 2. The number of anilines is 6. The smallest absolute Gasteiger partial charge is 0.252 e. The maximum absolute atomic E-state index is 9.78. The maximum atomic E-state index is 9.78. The van der Waals surface area contributed by atoms with Crippen LogP contribution in [0.1, 0.15) is 123 Å². The van der Waals surface area contributed by atoms with E-state index >= 15 is 0 Å². The summed E-state index contributed by atoms with van der Waals surface area (Å²) in [4.78, 5) is 10.3. The van der Waals surface area contributed by atoms with Crippen LogP contribution in [-0.4, -0.2) is 16.3 Å². The van der Waals surface area contributed by atoms with E-state index in [0.717, 1.165) is 106 Å². The first-order chi connectivity index (χ1) is 49.6. The number of fused-ring (bicyclic) bond motifs is 7. The van der Waals surface area contributed by atoms with Crippen molar-refractivity contribution in [1.29, 1.82) is 0 Å². The fraction of sp³-hybridized carbons (Fsp3) is 0.184. The summed E-state index contributed by atoms with van der Waals surface area (Å²) in [5.74, 6) is 0. The molecule has 13 aromatic rings. The molecule has 0 spiro atoms. The third-order valence-corrected chi connectivity index (χ3v) is 18.4. The molecule has 0 N–H and O–H groups in total. The molecule has 0 fully saturated rings. The summed E-state index contributed by atoms with van der Waals surface area (Å²) < 4.78 is 123. The predicted molar refractivity (Wildman–Crippen MR) is 395 cm³/mol. The van der Waals surface area contributed by atoms with E-state index in [4.69, 9.17) is 11.8 Å². The number of benzene rings is 11. The molecule has 15 rings (SSSR count). The molecule has 0 radical (unpaired) electrons. The quantitative estimate of drug-likeness (QED) is 0.142. The molecule has 92 heavy (non-hydrogen) atoms. The van der Waals surface area contributed by atoms with Gasteiger partial charge in [-0.2, -0.15) is 0 Å². The standard InChI is InChI=1S/C87H79BN4/c1-84(2,3)61-49-67(57-32-19-14-20-33-57)82(68(50-61)58-34-21-15-22-35-58)92-77-55-64(90-74-41-27-25-38-65(74)66-39-26-28-42-75(66)90)45-47-72(77)88-71-46-44-60(56-30-17-13-18-31-56)48-76(71)91(78-53-63(86(7,8)9)54-79(92)81(78)88)83-69(59-36-23-16-24-37-59)51-62(85(4,5)6)52-70(83)73-40-29-43-80(89-73)87(10,11)12/h13-55H,1-12H3/i13D,17D,18D,25D,26D,27D,28D,30D,31D,38D,39D,41D,42D. The number of hydrogen-bond donors (Lipinski definition) is 0. The van der Waals surface area contributed by atoms with E-state index in [9.17, 15) is 11.0 Å². The Balaban J connectivity index is 1.19. The zero-order valence-electron chi connectivity index (χ0n) is 67.2. The van der Waals surface area contributed by atoms with Gasteiger partial charge in [0.25, 0.3) is 6.71 Å². The third-order valence-electron chi connectivity index (χ3n) is 18.4. The fourth-order valence-corrected chi connectivity index (χ4v) is 13.6. The monoisotopic (exact) mass is 1200 g/mol. The minimum atomic E-state index is -0.675. The Labute approximate surface area is 562 Å². The van der Waals surface area contributed by atoms with E-state index in [-0.39, 0.29) is 55.7 Å². The Morgan fingerprint density at radius 1 is 0.348 bits per heavy atom. The van der Waals surface area contributed by atoms with Crippen LogP contribution in [0.4, 0.5) is 34.1 Å². The van der Waals surface area contributed by atoms with Gasteiger partial charge in [0, 0.05) is 72.6 Å². The van der Waals surface area contributed by atoms with E-state index in [2.05, 4.69) is 184 Å². The SMILES string of the molecule is [2H]c1c([2H])c([2H])c(-c2ccc3c(c2)N(c2c(-c4ccccc4)cc(C(C)(C)C)cc2-c2cccc(C(C)(C)C)n2)c2cc(C(C)(C)C)cc4c2B3c2ccc(-n3c5c([2H])c([2H])c([2H])c([2H])c5c5c([2H])c([2H])c([2H])c([2H])c53)cc2N4c2c(-c3ccccc3)cc(C(C)(C)C)cc2-c2ccccc2)c([2H])c1[2H]. The van der Waals surface area contributed by atoms with Gasteiger partial charge in [-0.3, -0.25) is 4.98 Å². The van der Waals surface area contributed by atoms with Gasteiger partial charge >= 0.3 is 0 Å². The van der Waals surface area contributed by atoms with E-state index in [0.29, 0.717) is 22.6 Å². The lowest BCUT2D eigenvalue weighted by atomic mass is 9.33. The second kappa shape index (κ2) is 21.9. The van der Waals surface area contributed by atoms with Gasteiger partial charge < -0.3 is 14.4 Å². The Kier molecular flexibility index (Phi) is 10.8. The molecule has 0 amide bonds. The zero-order valence-corrected chi connectivity index (χ0v) is 54.2. The Hall–Kier alpha value is -9.97. The fourth-order valence-electron chi connectivity index (χ4n) is 13.6. The van der Waals surface area contributed by atoms with E-state index in [1.54, 1.807) is 4.57 Å². The van der Waals surface area contributed by atoms with Gasteiger partial charge in [0.2, 0.25) is 0 Å². The Morgan fingerprint density at radius 3 is 1.27 bits per heavy atom. The highest BCUT2D eigenvalue weighted by Gasteiger charge is 2.46. The van der Waals surface area contributed by atoms with Gasteiger partial charge in [-0.25, -0.2) is 0 Å². The second-order valence-corrected chi connectivity index (χ2v) is 28.7. The van der Waals surface area contributed by atoms with Gasteiger partial charge in [0.1, 0.15) is 0 Å². The maximum Gasteiger partial charge on any atom is 0.252 e. The van der Waals surface area contributed by atoms with Crippen molar-refractivity contribution in [2.45, 2.75) is 105 Å². The van der Waals surface area contributed by atoms with Crippen molar-refractivity contribution in [3.8, 4) is 61.5 Å². The van der Waals surface area contributed by atoms with Crippen molar-refractivity contribution in [2.24, 2.45) is 0 Å². The van der Waals surface area contributed by atoms with Crippen LogP contribution in [-0.2, 0) is 21.7 Å². The largest absolute Gasteiger partial charge is 0.310 e. The zero-order chi connectivity index (χ0) is 74.9. The van der Waals surface area contributed by atoms with E-state index in [1.807, 2.05) is 91.0 Å². The van der Waals surface area contributed by atoms with Gasteiger partial charge in [-0.1, -0.05) is 265 Å². The first-order valence-electron chi connectivity index (χ1n) is 38.2. The van der Waals surface area contributed by atoms with Gasteiger partial charge in [-0.15, -0.1) is 0 Å². The van der Waals surface area contributed by atoms with Gasteiger partial charge in [0.05, 0.1) is 45.9 Å². The number of pyridine rings is 1. The number of hydrogen-bond acceptors (Lipinski definition) is 3. The molecule has 2 aliphatic rings. The van der Waals surface area contributed by atoms with Crippen LogP contribution in [0.3, 0.4) is 0 Å². The normalized spacial score (nSPS) is 15.1. The molecule has 4 nitrogen and oxygen atoms in total. The van der Waals surface area contributed by atoms with E-state index < -0.39 is 78.6 Å². The van der Waals surface area contributed by atoms with Crippen molar-refractivity contribution in [3.63, 3.8) is 0 Å². The molecule has 0 aliphatic carbocycles. The molecule has 0 saturated carbocycles. The van der Waals surface area contributed by atoms with Crippen molar-refractivity contribution < 1.29 is 17.8 Å². The van der Waals surface area contributed by atoms with Crippen LogP contribution < -0.4 is 26.2 Å². The summed E-state index contributed by atoms with van der Waals surface area (Å²) >= 11 is 0. The highest BCUT2D eigenvalue weighted by molar-refractivity contribution is 7.00. The molecule has 0 atom stereocenters. The lowest BCUT2D eigenvalue weighted by Crippen LogP contribution is -2.61. The molecule has 4 heterocycles. The average molecular weight is 1200 g/mol. The molecule has 11 aromatic carbocycles. The second-order valence-electron chi connectivity index (χ2n) is 28.7. The first-order valence-corrected chi connectivity index (χ1v) is 31.7. The van der Waals surface area contributed by atoms with Crippen LogP contribution in [0.2, 0.25) is 0 Å². The van der Waals surface area contributed by atoms with Crippen molar-refractivity contribution in [1.82, 2.24) is 9.55 Å². The van der Waals surface area contributed by atoms with Crippen molar-refractivity contribution in [2.75, 3.05) is 9.80 Å². The number of nitrogens with zero attached hydrogens (tertiary/aromatic N) is 4. The summed E-state index contributed by atoms with van der Waals surface area (Å²) in [6.07, 6.45) is 0. The lowest BCUT2D eigenvalue weighted by Gasteiger charge is -2.47. The summed E-state index contributed by atoms with van der Waals surface area (Å²) in [7, 11) is 0. The summed E-state index contributed by atoms with van der Waals surface area (Å²) in [5.41, 5.74) is 17.0. The van der Waals surface area contributed by atoms with E-state index in [1.165, 1.54) is 0 Å². The molecule has 2 aromatic heterocycles. The number of para-hydroxylation sites is 2. The Bertz CT molecular complexity index is 5660. The highest BCUT2D eigenvalue weighted by Crippen LogP contribution is 2.55. The number of rotatable bonds is 8. The van der Waals surface area contributed by atoms with Crippen molar-refractivity contribution in [3.05, 3.63) is 283 Å². The van der Waals surface area contributed by atoms with Gasteiger partial charge in [-0.05, 0) is 156 Å². The molecule has 5 heteroatoms. The molecule has 2 aliphatic heterocycles. The molecule has 0 unspecified atom stereocenters. The average Bonchev–Trinajstić information content (AvgIpc) is 1.38. The first kappa shape index (κ1) is 45.3. The third kappa shape index (κ3) is 9.96. The van der Waals surface area contributed by atoms with Crippen molar-refractivity contribution >= 4 is 79.0 Å². The topological polar surface area (TPSA) is 24.3 Å². The molecule has 0 saturated heterocycles.